The molecule has 1 fully saturated rings. The maximum atomic E-state index is 11.6. The summed E-state index contributed by atoms with van der Waals surface area (Å²) >= 11 is 0. The van der Waals surface area contributed by atoms with Gasteiger partial charge in [-0.05, 0) is 37.0 Å². The van der Waals surface area contributed by atoms with Crippen molar-refractivity contribution < 1.29 is 9.90 Å². The number of rotatable bonds is 0. The molecule has 1 unspecified atom stereocenters. The lowest BCUT2D eigenvalue weighted by atomic mass is 9.73. The first-order valence-electron chi connectivity index (χ1n) is 6.57. The van der Waals surface area contributed by atoms with E-state index >= 15 is 0 Å². The van der Waals surface area contributed by atoms with Crippen LogP contribution in [0.3, 0.4) is 0 Å². The minimum Gasteiger partial charge on any atom is -0.465 e. The minimum absolute atomic E-state index is 0.0323. The SMILES string of the molecule is CC(C)(C)[C@@H]1CC[C@@H]2CC=CCC2N1C(=O)O. The van der Waals surface area contributed by atoms with Gasteiger partial charge >= 0.3 is 6.09 Å². The van der Waals surface area contributed by atoms with Crippen molar-refractivity contribution in [2.75, 3.05) is 0 Å². The molecule has 1 aliphatic carbocycles. The third-order valence-corrected chi connectivity index (χ3v) is 4.25. The van der Waals surface area contributed by atoms with Gasteiger partial charge in [-0.3, -0.25) is 0 Å². The summed E-state index contributed by atoms with van der Waals surface area (Å²) in [7, 11) is 0. The molecule has 1 aliphatic heterocycles. The van der Waals surface area contributed by atoms with Gasteiger partial charge in [0, 0.05) is 12.1 Å². The number of nitrogens with zero attached hydrogens (tertiary/aromatic N) is 1. The fourth-order valence-electron chi connectivity index (χ4n) is 3.37. The average Bonchev–Trinajstić information content (AvgIpc) is 2.26. The van der Waals surface area contributed by atoms with Crippen molar-refractivity contribution >= 4 is 6.09 Å². The monoisotopic (exact) mass is 237 g/mol. The summed E-state index contributed by atoms with van der Waals surface area (Å²) < 4.78 is 0. The predicted molar refractivity (Wildman–Crippen MR) is 68.0 cm³/mol. The topological polar surface area (TPSA) is 40.5 Å². The van der Waals surface area contributed by atoms with E-state index in [1.165, 1.54) is 6.42 Å². The first-order chi connectivity index (χ1) is 7.91. The van der Waals surface area contributed by atoms with E-state index in [4.69, 9.17) is 0 Å². The molecule has 0 radical (unpaired) electrons. The molecule has 17 heavy (non-hydrogen) atoms. The molecule has 3 atom stereocenters. The predicted octanol–water partition coefficient (Wildman–Crippen LogP) is 3.51. The molecule has 1 amide bonds. The van der Waals surface area contributed by atoms with Crippen molar-refractivity contribution in [3.8, 4) is 0 Å². The molecule has 1 N–H and O–H groups in total. The Balaban J connectivity index is 2.26. The maximum Gasteiger partial charge on any atom is 0.407 e. The second-order valence-corrected chi connectivity index (χ2v) is 6.42. The van der Waals surface area contributed by atoms with Crippen LogP contribution in [0.1, 0.15) is 46.5 Å². The van der Waals surface area contributed by atoms with Crippen LogP contribution in [-0.4, -0.2) is 28.2 Å². The lowest BCUT2D eigenvalue weighted by Gasteiger charge is -2.50. The molecule has 2 rings (SSSR count). The zero-order valence-electron chi connectivity index (χ0n) is 11.0. The highest BCUT2D eigenvalue weighted by atomic mass is 16.4. The van der Waals surface area contributed by atoms with E-state index in [0.717, 1.165) is 19.3 Å². The van der Waals surface area contributed by atoms with Gasteiger partial charge in [0.2, 0.25) is 0 Å². The smallest absolute Gasteiger partial charge is 0.407 e. The van der Waals surface area contributed by atoms with Crippen LogP contribution in [0, 0.1) is 11.3 Å². The third kappa shape index (κ3) is 2.33. The summed E-state index contributed by atoms with van der Waals surface area (Å²) in [5.41, 5.74) is 0.0323. The number of hydrogen-bond donors (Lipinski definition) is 1. The van der Waals surface area contributed by atoms with Crippen LogP contribution in [0.4, 0.5) is 4.79 Å². The van der Waals surface area contributed by atoms with E-state index in [0.29, 0.717) is 5.92 Å². The number of amides is 1. The van der Waals surface area contributed by atoms with Crippen LogP contribution in [0.2, 0.25) is 0 Å². The molecule has 0 bridgehead atoms. The number of carboxylic acid groups (broad SMARTS) is 1. The van der Waals surface area contributed by atoms with Gasteiger partial charge < -0.3 is 10.0 Å². The minimum atomic E-state index is -0.741. The van der Waals surface area contributed by atoms with Crippen molar-refractivity contribution in [3.63, 3.8) is 0 Å². The molecular weight excluding hydrogens is 214 g/mol. The van der Waals surface area contributed by atoms with E-state index < -0.39 is 6.09 Å². The van der Waals surface area contributed by atoms with Crippen molar-refractivity contribution in [1.29, 1.82) is 0 Å². The Hall–Kier alpha value is -0.990. The quantitative estimate of drug-likeness (QED) is 0.655. The highest BCUT2D eigenvalue weighted by Crippen LogP contribution is 2.41. The molecule has 1 heterocycles. The summed E-state index contributed by atoms with van der Waals surface area (Å²) in [6.45, 7) is 6.44. The largest absolute Gasteiger partial charge is 0.465 e. The van der Waals surface area contributed by atoms with E-state index in [1.54, 1.807) is 4.90 Å². The van der Waals surface area contributed by atoms with Gasteiger partial charge in [-0.25, -0.2) is 4.79 Å². The fourth-order valence-corrected chi connectivity index (χ4v) is 3.37. The van der Waals surface area contributed by atoms with E-state index in [9.17, 15) is 9.90 Å². The first kappa shape index (κ1) is 12.5. The number of carbonyl (C=O) groups is 1. The third-order valence-electron chi connectivity index (χ3n) is 4.25. The fraction of sp³-hybridized carbons (Fsp3) is 0.786. The van der Waals surface area contributed by atoms with Crippen LogP contribution in [0.25, 0.3) is 0 Å². The highest BCUT2D eigenvalue weighted by molar-refractivity contribution is 5.66. The molecule has 3 nitrogen and oxygen atoms in total. The molecule has 0 saturated carbocycles. The number of allylic oxidation sites excluding steroid dienone is 1. The van der Waals surface area contributed by atoms with Gasteiger partial charge in [-0.2, -0.15) is 0 Å². The average molecular weight is 237 g/mol. The molecule has 1 saturated heterocycles. The number of piperidine rings is 1. The van der Waals surface area contributed by atoms with Crippen LogP contribution >= 0.6 is 0 Å². The van der Waals surface area contributed by atoms with Gasteiger partial charge in [-0.1, -0.05) is 32.9 Å². The Morgan fingerprint density at radius 3 is 2.47 bits per heavy atom. The Kier molecular flexibility index (Phi) is 3.19. The standard InChI is InChI=1S/C14H23NO2/c1-14(2,3)12-9-8-10-6-4-5-7-11(10)15(12)13(16)17/h4-5,10-12H,6-9H2,1-3H3,(H,16,17)/t10-,11?,12-/m0/s1. The number of hydrogen-bond acceptors (Lipinski definition) is 1. The Morgan fingerprint density at radius 2 is 1.88 bits per heavy atom. The normalized spacial score (nSPS) is 33.4. The molecular formula is C14H23NO2. The van der Waals surface area contributed by atoms with Crippen molar-refractivity contribution in [2.24, 2.45) is 11.3 Å². The van der Waals surface area contributed by atoms with Gasteiger partial charge in [0.1, 0.15) is 0 Å². The molecule has 3 heteroatoms. The second-order valence-electron chi connectivity index (χ2n) is 6.42. The van der Waals surface area contributed by atoms with Gasteiger partial charge in [-0.15, -0.1) is 0 Å². The lowest BCUT2D eigenvalue weighted by Crippen LogP contribution is -2.57. The lowest BCUT2D eigenvalue weighted by molar-refractivity contribution is -0.00155. The maximum absolute atomic E-state index is 11.6. The molecule has 2 aliphatic rings. The summed E-state index contributed by atoms with van der Waals surface area (Å²) in [5, 5.41) is 9.51. The van der Waals surface area contributed by atoms with E-state index in [2.05, 4.69) is 32.9 Å². The summed E-state index contributed by atoms with van der Waals surface area (Å²) in [6.07, 6.45) is 7.72. The Labute approximate surface area is 103 Å². The van der Waals surface area contributed by atoms with Gasteiger partial charge in [0.05, 0.1) is 0 Å². The van der Waals surface area contributed by atoms with Crippen LogP contribution in [0.5, 0.6) is 0 Å². The zero-order valence-corrected chi connectivity index (χ0v) is 11.0. The number of fused-ring (bicyclic) bond motifs is 1. The molecule has 0 aromatic carbocycles. The highest BCUT2D eigenvalue weighted by Gasteiger charge is 2.44. The van der Waals surface area contributed by atoms with Gasteiger partial charge in [0.15, 0.2) is 0 Å². The summed E-state index contributed by atoms with van der Waals surface area (Å²) in [5.74, 6) is 0.537. The first-order valence-corrected chi connectivity index (χ1v) is 6.57. The Bertz CT molecular complexity index is 330. The summed E-state index contributed by atoms with van der Waals surface area (Å²) in [4.78, 5) is 13.3. The van der Waals surface area contributed by atoms with E-state index in [-0.39, 0.29) is 17.5 Å². The molecule has 0 spiro atoms. The van der Waals surface area contributed by atoms with E-state index in [1.807, 2.05) is 0 Å². The van der Waals surface area contributed by atoms with Crippen molar-refractivity contribution in [1.82, 2.24) is 4.90 Å². The zero-order chi connectivity index (χ0) is 12.6. The second kappa shape index (κ2) is 4.35. The van der Waals surface area contributed by atoms with Crippen LogP contribution in [0.15, 0.2) is 12.2 Å². The summed E-state index contributed by atoms with van der Waals surface area (Å²) in [6, 6.07) is 0.364. The van der Waals surface area contributed by atoms with Crippen molar-refractivity contribution in [2.45, 2.75) is 58.5 Å². The van der Waals surface area contributed by atoms with Crippen LogP contribution in [-0.2, 0) is 0 Å². The molecule has 96 valence electrons. The molecule has 0 aromatic heterocycles. The van der Waals surface area contributed by atoms with Crippen LogP contribution < -0.4 is 0 Å². The Morgan fingerprint density at radius 1 is 1.24 bits per heavy atom. The molecule has 0 aromatic rings. The van der Waals surface area contributed by atoms with Gasteiger partial charge in [0.25, 0.3) is 0 Å². The number of likely N-dealkylation sites (tertiary alicyclic amines) is 1. The van der Waals surface area contributed by atoms with Crippen molar-refractivity contribution in [3.05, 3.63) is 12.2 Å².